The Kier molecular flexibility index (Phi) is 4.05. The topological polar surface area (TPSA) is 0 Å². The summed E-state index contributed by atoms with van der Waals surface area (Å²) in [4.78, 5) is 0. The Bertz CT molecular complexity index is 992. The molecular formula is C27H24. The van der Waals surface area contributed by atoms with Gasteiger partial charge in [-0.3, -0.25) is 0 Å². The van der Waals surface area contributed by atoms with Crippen molar-refractivity contribution in [2.24, 2.45) is 0 Å². The van der Waals surface area contributed by atoms with Crippen LogP contribution in [0.15, 0.2) is 91.5 Å². The van der Waals surface area contributed by atoms with Crippen molar-refractivity contribution in [2.75, 3.05) is 0 Å². The third-order valence-corrected chi connectivity index (χ3v) is 6.20. The first-order valence-electron chi connectivity index (χ1n) is 9.96. The van der Waals surface area contributed by atoms with Crippen LogP contribution in [0.3, 0.4) is 0 Å². The fraction of sp³-hybridized carbons (Fsp3) is 0.185. The molecule has 0 aromatic heterocycles. The lowest BCUT2D eigenvalue weighted by molar-refractivity contribution is 0.633. The largest absolute Gasteiger partial charge is 0.103 e. The van der Waals surface area contributed by atoms with Crippen LogP contribution in [-0.4, -0.2) is 0 Å². The molecule has 0 heteroatoms. The molecule has 132 valence electrons. The molecule has 3 aromatic carbocycles. The minimum atomic E-state index is 0.515. The van der Waals surface area contributed by atoms with Crippen LogP contribution in [-0.2, 0) is 0 Å². The van der Waals surface area contributed by atoms with Crippen LogP contribution < -0.4 is 0 Å². The molecule has 0 aliphatic heterocycles. The van der Waals surface area contributed by atoms with Crippen LogP contribution in [0.4, 0.5) is 0 Å². The smallest absolute Gasteiger partial charge is 0.0102 e. The summed E-state index contributed by atoms with van der Waals surface area (Å²) in [5.41, 5.74) is 10.2. The average Bonchev–Trinajstić information content (AvgIpc) is 3.23. The van der Waals surface area contributed by atoms with Crippen molar-refractivity contribution in [3.05, 3.63) is 114 Å². The van der Waals surface area contributed by atoms with Crippen LogP contribution in [0.2, 0.25) is 0 Å². The van der Waals surface area contributed by atoms with Gasteiger partial charge in [-0.25, -0.2) is 0 Å². The second kappa shape index (κ2) is 6.70. The molecule has 0 saturated carbocycles. The Morgan fingerprint density at radius 3 is 1.85 bits per heavy atom. The molecule has 3 aromatic rings. The van der Waals surface area contributed by atoms with Gasteiger partial charge in [-0.1, -0.05) is 84.9 Å². The fourth-order valence-corrected chi connectivity index (χ4v) is 5.02. The highest BCUT2D eigenvalue weighted by atomic mass is 14.3. The number of rotatable bonds is 5. The number of allylic oxidation sites excluding steroid dienone is 3. The highest BCUT2D eigenvalue weighted by Gasteiger charge is 2.29. The van der Waals surface area contributed by atoms with Gasteiger partial charge >= 0.3 is 0 Å². The first-order chi connectivity index (χ1) is 13.4. The quantitative estimate of drug-likeness (QED) is 0.423. The molecule has 2 aliphatic carbocycles. The summed E-state index contributed by atoms with van der Waals surface area (Å²) in [6, 6.07) is 26.8. The molecular weight excluding hydrogens is 324 g/mol. The van der Waals surface area contributed by atoms with E-state index in [1.54, 1.807) is 0 Å². The van der Waals surface area contributed by atoms with Crippen molar-refractivity contribution < 1.29 is 0 Å². The summed E-state index contributed by atoms with van der Waals surface area (Å²) in [5.74, 6) is 1.04. The van der Waals surface area contributed by atoms with E-state index in [0.717, 1.165) is 6.42 Å². The molecule has 0 bridgehead atoms. The summed E-state index contributed by atoms with van der Waals surface area (Å²) in [7, 11) is 0. The Labute approximate surface area is 161 Å². The third kappa shape index (κ3) is 2.68. The molecule has 0 spiro atoms. The molecule has 5 rings (SSSR count). The van der Waals surface area contributed by atoms with Gasteiger partial charge in [-0.15, -0.1) is 6.58 Å². The maximum Gasteiger partial charge on any atom is 0.0102 e. The predicted octanol–water partition coefficient (Wildman–Crippen LogP) is 7.34. The van der Waals surface area contributed by atoms with Crippen molar-refractivity contribution in [2.45, 2.75) is 31.1 Å². The van der Waals surface area contributed by atoms with Crippen molar-refractivity contribution in [3.63, 3.8) is 0 Å². The van der Waals surface area contributed by atoms with Gasteiger partial charge in [-0.05, 0) is 58.2 Å². The molecule has 27 heavy (non-hydrogen) atoms. The van der Waals surface area contributed by atoms with E-state index in [2.05, 4.69) is 85.5 Å². The number of fused-ring (bicyclic) bond motifs is 4. The van der Waals surface area contributed by atoms with Crippen LogP contribution in [0, 0.1) is 0 Å². The Hall–Kier alpha value is -2.86. The zero-order valence-corrected chi connectivity index (χ0v) is 15.6. The van der Waals surface area contributed by atoms with Crippen molar-refractivity contribution >= 4 is 5.57 Å². The highest BCUT2D eigenvalue weighted by Crippen LogP contribution is 2.48. The molecule has 0 heterocycles. The number of benzene rings is 3. The zero-order chi connectivity index (χ0) is 18.2. The molecule has 0 N–H and O–H groups in total. The third-order valence-electron chi connectivity index (χ3n) is 6.20. The van der Waals surface area contributed by atoms with Crippen LogP contribution in [0.1, 0.15) is 53.4 Å². The van der Waals surface area contributed by atoms with Crippen LogP contribution >= 0.6 is 0 Å². The number of hydrogen-bond acceptors (Lipinski definition) is 0. The van der Waals surface area contributed by atoms with Gasteiger partial charge in [0, 0.05) is 11.8 Å². The summed E-state index contributed by atoms with van der Waals surface area (Å²) < 4.78 is 0. The summed E-state index contributed by atoms with van der Waals surface area (Å²) >= 11 is 0. The standard InChI is InChI=1S/C27H24/c1-2-9-19-18-20(22-11-4-3-10-21(19)22)16-17-27-25-14-7-5-12-23(25)24-13-6-8-15-26(24)27/h2-8,10-15,18,20,27H,1,9,16-17H2. The van der Waals surface area contributed by atoms with Gasteiger partial charge < -0.3 is 0 Å². The Balaban J connectivity index is 1.45. The first-order valence-corrected chi connectivity index (χ1v) is 9.96. The van der Waals surface area contributed by atoms with E-state index in [1.807, 2.05) is 6.08 Å². The van der Waals surface area contributed by atoms with E-state index in [4.69, 9.17) is 0 Å². The normalized spacial score (nSPS) is 17.2. The van der Waals surface area contributed by atoms with Gasteiger partial charge in [-0.2, -0.15) is 0 Å². The zero-order valence-electron chi connectivity index (χ0n) is 15.6. The monoisotopic (exact) mass is 348 g/mol. The molecule has 0 amide bonds. The minimum Gasteiger partial charge on any atom is -0.103 e. The van der Waals surface area contributed by atoms with E-state index in [0.29, 0.717) is 11.8 Å². The van der Waals surface area contributed by atoms with E-state index in [1.165, 1.54) is 51.8 Å². The maximum atomic E-state index is 3.94. The van der Waals surface area contributed by atoms with Crippen LogP contribution in [0.5, 0.6) is 0 Å². The van der Waals surface area contributed by atoms with E-state index in [-0.39, 0.29) is 0 Å². The summed E-state index contributed by atoms with van der Waals surface area (Å²) in [6.07, 6.45) is 7.84. The number of hydrogen-bond donors (Lipinski definition) is 0. The summed E-state index contributed by atoms with van der Waals surface area (Å²) in [5, 5.41) is 0. The van der Waals surface area contributed by atoms with E-state index < -0.39 is 0 Å². The second-order valence-corrected chi connectivity index (χ2v) is 7.68. The van der Waals surface area contributed by atoms with Gasteiger partial charge in [0.05, 0.1) is 0 Å². The minimum absolute atomic E-state index is 0.515. The van der Waals surface area contributed by atoms with Gasteiger partial charge in [0.2, 0.25) is 0 Å². The molecule has 0 saturated heterocycles. The molecule has 2 aliphatic rings. The molecule has 0 fully saturated rings. The summed E-state index contributed by atoms with van der Waals surface area (Å²) in [6.45, 7) is 3.94. The van der Waals surface area contributed by atoms with Crippen LogP contribution in [0.25, 0.3) is 16.7 Å². The first kappa shape index (κ1) is 16.3. The Morgan fingerprint density at radius 1 is 0.667 bits per heavy atom. The maximum absolute atomic E-state index is 3.94. The van der Waals surface area contributed by atoms with Gasteiger partial charge in [0.15, 0.2) is 0 Å². The molecule has 1 unspecified atom stereocenters. The average molecular weight is 348 g/mol. The van der Waals surface area contributed by atoms with Gasteiger partial charge in [0.1, 0.15) is 0 Å². The lowest BCUT2D eigenvalue weighted by atomic mass is 9.87. The van der Waals surface area contributed by atoms with E-state index in [9.17, 15) is 0 Å². The lowest BCUT2D eigenvalue weighted by Crippen LogP contribution is -2.01. The molecule has 1 atom stereocenters. The Morgan fingerprint density at radius 2 is 1.22 bits per heavy atom. The highest BCUT2D eigenvalue weighted by molar-refractivity contribution is 5.79. The second-order valence-electron chi connectivity index (χ2n) is 7.68. The van der Waals surface area contributed by atoms with Gasteiger partial charge in [0.25, 0.3) is 0 Å². The van der Waals surface area contributed by atoms with Crippen molar-refractivity contribution in [3.8, 4) is 11.1 Å². The SMILES string of the molecule is C=CCC1=CC(CCC2c3ccccc3-c3ccccc32)c2ccccc21. The predicted molar refractivity (Wildman–Crippen MR) is 115 cm³/mol. The van der Waals surface area contributed by atoms with E-state index >= 15 is 0 Å². The van der Waals surface area contributed by atoms with Crippen molar-refractivity contribution in [1.82, 2.24) is 0 Å². The lowest BCUT2D eigenvalue weighted by Gasteiger charge is -2.17. The van der Waals surface area contributed by atoms with Crippen molar-refractivity contribution in [1.29, 1.82) is 0 Å². The molecule has 0 radical (unpaired) electrons. The fourth-order valence-electron chi connectivity index (χ4n) is 5.02. The molecule has 0 nitrogen and oxygen atoms in total.